The minimum atomic E-state index is -0.326. The molecule has 2 aromatic heterocycles. The molecule has 2 aromatic rings. The van der Waals surface area contributed by atoms with Gasteiger partial charge in [0.15, 0.2) is 5.13 Å². The molecule has 1 fully saturated rings. The number of carbonyl (C=O) groups excluding carboxylic acids is 2. The summed E-state index contributed by atoms with van der Waals surface area (Å²) in [5.74, 6) is 0.284. The van der Waals surface area contributed by atoms with Gasteiger partial charge >= 0.3 is 0 Å². The van der Waals surface area contributed by atoms with E-state index in [0.29, 0.717) is 18.2 Å². The summed E-state index contributed by atoms with van der Waals surface area (Å²) in [5, 5.41) is 3.58. The number of hydrogen-bond donors (Lipinski definition) is 1. The first-order valence-electron chi connectivity index (χ1n) is 8.28. The Morgan fingerprint density at radius 3 is 3.08 bits per heavy atom. The highest BCUT2D eigenvalue weighted by atomic mass is 32.1. The maximum atomic E-state index is 12.5. The lowest BCUT2D eigenvalue weighted by molar-refractivity contribution is -0.128. The second-order valence-corrected chi connectivity index (χ2v) is 7.42. The van der Waals surface area contributed by atoms with Crippen LogP contribution < -0.4 is 5.32 Å². The molecule has 4 rings (SSSR count). The highest BCUT2D eigenvalue weighted by Gasteiger charge is 2.35. The molecule has 2 amide bonds. The van der Waals surface area contributed by atoms with Crippen LogP contribution in [0.2, 0.25) is 0 Å². The van der Waals surface area contributed by atoms with E-state index in [-0.39, 0.29) is 24.2 Å². The number of likely N-dealkylation sites (tertiary alicyclic amines) is 1. The zero-order valence-electron chi connectivity index (χ0n) is 13.3. The number of fused-ring (bicyclic) bond motifs is 1. The van der Waals surface area contributed by atoms with Crippen LogP contribution in [-0.2, 0) is 29.0 Å². The van der Waals surface area contributed by atoms with Crippen LogP contribution in [0.1, 0.15) is 35.6 Å². The van der Waals surface area contributed by atoms with E-state index in [4.69, 9.17) is 4.42 Å². The molecule has 1 aliphatic heterocycles. The lowest BCUT2D eigenvalue weighted by atomic mass is 10.0. The molecule has 0 bridgehead atoms. The van der Waals surface area contributed by atoms with Crippen molar-refractivity contribution in [2.24, 2.45) is 5.92 Å². The summed E-state index contributed by atoms with van der Waals surface area (Å²) in [7, 11) is 0. The molecule has 0 aromatic carbocycles. The summed E-state index contributed by atoms with van der Waals surface area (Å²) in [6, 6.07) is 3.63. The second kappa shape index (κ2) is 6.39. The fourth-order valence-electron chi connectivity index (χ4n) is 3.30. The lowest BCUT2D eigenvalue weighted by Crippen LogP contribution is -2.27. The highest BCUT2D eigenvalue weighted by Crippen LogP contribution is 2.30. The largest absolute Gasteiger partial charge is 0.467 e. The van der Waals surface area contributed by atoms with Crippen molar-refractivity contribution in [1.82, 2.24) is 9.88 Å². The lowest BCUT2D eigenvalue weighted by Gasteiger charge is -2.14. The van der Waals surface area contributed by atoms with E-state index < -0.39 is 0 Å². The van der Waals surface area contributed by atoms with Crippen molar-refractivity contribution >= 4 is 28.3 Å². The molecular formula is C17H19N3O3S. The summed E-state index contributed by atoms with van der Waals surface area (Å²) in [4.78, 5) is 32.1. The molecule has 7 heteroatoms. The molecule has 0 spiro atoms. The van der Waals surface area contributed by atoms with Crippen molar-refractivity contribution in [2.75, 3.05) is 11.9 Å². The number of anilines is 1. The van der Waals surface area contributed by atoms with E-state index in [1.807, 2.05) is 6.07 Å². The van der Waals surface area contributed by atoms with Gasteiger partial charge in [-0.05, 0) is 37.8 Å². The Bertz CT molecular complexity index is 730. The van der Waals surface area contributed by atoms with Gasteiger partial charge in [0.1, 0.15) is 5.76 Å². The first-order valence-corrected chi connectivity index (χ1v) is 9.10. The number of hydrogen-bond acceptors (Lipinski definition) is 5. The van der Waals surface area contributed by atoms with Crippen LogP contribution in [0, 0.1) is 5.92 Å². The summed E-state index contributed by atoms with van der Waals surface area (Å²) >= 11 is 1.57. The number of amides is 2. The topological polar surface area (TPSA) is 75.4 Å². The predicted molar refractivity (Wildman–Crippen MR) is 89.6 cm³/mol. The van der Waals surface area contributed by atoms with Gasteiger partial charge in [-0.2, -0.15) is 0 Å². The predicted octanol–water partition coefficient (Wildman–Crippen LogP) is 2.60. The molecule has 2 aliphatic rings. The third kappa shape index (κ3) is 3.08. The molecule has 24 heavy (non-hydrogen) atoms. The standard InChI is InChI=1S/C17H19N3O3S/c21-15-8-11(9-20(15)10-12-4-3-7-23-12)16(22)19-17-18-13-5-1-2-6-14(13)24-17/h3-4,7,11H,1-2,5-6,8-10H2,(H,18,19,22)/t11-/m1/s1. The molecule has 6 nitrogen and oxygen atoms in total. The Morgan fingerprint density at radius 2 is 2.29 bits per heavy atom. The number of rotatable bonds is 4. The average molecular weight is 345 g/mol. The van der Waals surface area contributed by atoms with Crippen molar-refractivity contribution in [3.63, 3.8) is 0 Å². The van der Waals surface area contributed by atoms with Crippen molar-refractivity contribution in [3.8, 4) is 0 Å². The molecule has 0 saturated carbocycles. The maximum Gasteiger partial charge on any atom is 0.231 e. The van der Waals surface area contributed by atoms with Crippen molar-refractivity contribution in [1.29, 1.82) is 0 Å². The van der Waals surface area contributed by atoms with Gasteiger partial charge in [0.25, 0.3) is 0 Å². The highest BCUT2D eigenvalue weighted by molar-refractivity contribution is 7.15. The van der Waals surface area contributed by atoms with E-state index in [9.17, 15) is 9.59 Å². The average Bonchev–Trinajstić information content (AvgIpc) is 3.28. The smallest absolute Gasteiger partial charge is 0.231 e. The Kier molecular flexibility index (Phi) is 4.10. The van der Waals surface area contributed by atoms with E-state index in [1.165, 1.54) is 17.7 Å². The maximum absolute atomic E-state index is 12.5. The monoisotopic (exact) mass is 345 g/mol. The van der Waals surface area contributed by atoms with E-state index >= 15 is 0 Å². The quantitative estimate of drug-likeness (QED) is 0.924. The van der Waals surface area contributed by atoms with E-state index in [0.717, 1.165) is 24.3 Å². The second-order valence-electron chi connectivity index (χ2n) is 6.34. The third-order valence-electron chi connectivity index (χ3n) is 4.59. The first kappa shape index (κ1) is 15.4. The van der Waals surface area contributed by atoms with Gasteiger partial charge < -0.3 is 14.6 Å². The Morgan fingerprint density at radius 1 is 1.42 bits per heavy atom. The van der Waals surface area contributed by atoms with Crippen LogP contribution in [0.15, 0.2) is 22.8 Å². The van der Waals surface area contributed by atoms with Gasteiger partial charge in [0, 0.05) is 17.8 Å². The molecule has 3 heterocycles. The van der Waals surface area contributed by atoms with Crippen LogP contribution in [0.4, 0.5) is 5.13 Å². The molecular weight excluding hydrogens is 326 g/mol. The van der Waals surface area contributed by atoms with Gasteiger partial charge in [-0.25, -0.2) is 4.98 Å². The Labute approximate surface area is 143 Å². The SMILES string of the molecule is O=C(Nc1nc2c(s1)CCCC2)[C@@H]1CC(=O)N(Cc2ccco2)C1. The normalized spacial score (nSPS) is 20.2. The fourth-order valence-corrected chi connectivity index (χ4v) is 4.36. The number of thiazole rings is 1. The van der Waals surface area contributed by atoms with Crippen molar-refractivity contribution in [3.05, 3.63) is 34.7 Å². The van der Waals surface area contributed by atoms with Gasteiger partial charge in [-0.3, -0.25) is 9.59 Å². The van der Waals surface area contributed by atoms with E-state index in [2.05, 4.69) is 10.3 Å². The van der Waals surface area contributed by atoms with Crippen LogP contribution in [0.5, 0.6) is 0 Å². The van der Waals surface area contributed by atoms with Crippen molar-refractivity contribution < 1.29 is 14.0 Å². The minimum absolute atomic E-state index is 0.00927. The summed E-state index contributed by atoms with van der Waals surface area (Å²) in [6.45, 7) is 0.845. The number of carbonyl (C=O) groups is 2. The molecule has 126 valence electrons. The molecule has 1 aliphatic carbocycles. The molecule has 0 radical (unpaired) electrons. The Balaban J connectivity index is 1.38. The van der Waals surface area contributed by atoms with Gasteiger partial charge in [0.2, 0.25) is 11.8 Å². The number of furan rings is 1. The van der Waals surface area contributed by atoms with Crippen LogP contribution >= 0.6 is 11.3 Å². The first-order chi connectivity index (χ1) is 11.7. The number of nitrogens with one attached hydrogen (secondary N) is 1. The zero-order valence-corrected chi connectivity index (χ0v) is 14.1. The summed E-state index contributed by atoms with van der Waals surface area (Å²) < 4.78 is 5.28. The van der Waals surface area contributed by atoms with E-state index in [1.54, 1.807) is 28.6 Å². The van der Waals surface area contributed by atoms with Crippen LogP contribution in [0.25, 0.3) is 0 Å². The number of aryl methyl sites for hydroxylation is 2. The molecule has 0 unspecified atom stereocenters. The van der Waals surface area contributed by atoms with Gasteiger partial charge in [-0.15, -0.1) is 11.3 Å². The molecule has 1 atom stereocenters. The van der Waals surface area contributed by atoms with Gasteiger partial charge in [-0.1, -0.05) is 0 Å². The summed E-state index contributed by atoms with van der Waals surface area (Å²) in [6.07, 6.45) is 6.26. The summed E-state index contributed by atoms with van der Waals surface area (Å²) in [5.41, 5.74) is 1.13. The molecule has 1 saturated heterocycles. The molecule has 1 N–H and O–H groups in total. The third-order valence-corrected chi connectivity index (χ3v) is 5.66. The fraction of sp³-hybridized carbons (Fsp3) is 0.471. The van der Waals surface area contributed by atoms with Crippen LogP contribution in [-0.4, -0.2) is 28.2 Å². The van der Waals surface area contributed by atoms with Crippen LogP contribution in [0.3, 0.4) is 0 Å². The van der Waals surface area contributed by atoms with Gasteiger partial charge in [0.05, 0.1) is 24.4 Å². The number of aromatic nitrogens is 1. The zero-order chi connectivity index (χ0) is 16.5. The minimum Gasteiger partial charge on any atom is -0.467 e. The van der Waals surface area contributed by atoms with Crippen molar-refractivity contribution in [2.45, 2.75) is 38.6 Å². The number of nitrogens with zero attached hydrogens (tertiary/aromatic N) is 2. The Hall–Kier alpha value is -2.15.